The molecule has 0 unspecified atom stereocenters. The van der Waals surface area contributed by atoms with Crippen LogP contribution in [0, 0.1) is 0 Å². The van der Waals surface area contributed by atoms with Gasteiger partial charge in [0, 0.05) is 5.56 Å². The first-order valence-electron chi connectivity index (χ1n) is 4.85. The van der Waals surface area contributed by atoms with Crippen molar-refractivity contribution in [3.05, 3.63) is 48.0 Å². The molecule has 4 heteroatoms. The maximum Gasteiger partial charge on any atom is 0.110 e. The molecule has 0 fully saturated rings. The molecule has 0 aliphatic carbocycles. The summed E-state index contributed by atoms with van der Waals surface area (Å²) in [7, 11) is 0. The lowest BCUT2D eigenvalue weighted by atomic mass is 10.0. The van der Waals surface area contributed by atoms with Crippen molar-refractivity contribution in [2.24, 2.45) is 21.9 Å². The van der Waals surface area contributed by atoms with Gasteiger partial charge in [0.2, 0.25) is 0 Å². The van der Waals surface area contributed by atoms with Crippen LogP contribution in [-0.2, 0) is 0 Å². The first-order valence-corrected chi connectivity index (χ1v) is 4.85. The molecule has 0 spiro atoms. The van der Waals surface area contributed by atoms with Gasteiger partial charge in [0.1, 0.15) is 5.71 Å². The van der Waals surface area contributed by atoms with Gasteiger partial charge < -0.3 is 11.7 Å². The lowest BCUT2D eigenvalue weighted by molar-refractivity contribution is 1.24. The van der Waals surface area contributed by atoms with Crippen LogP contribution in [0.3, 0.4) is 0 Å². The molecule has 2 rings (SSSR count). The van der Waals surface area contributed by atoms with E-state index < -0.39 is 0 Å². The molecule has 4 N–H and O–H groups in total. The highest BCUT2D eigenvalue weighted by atomic mass is 15.1. The summed E-state index contributed by atoms with van der Waals surface area (Å²) in [4.78, 5) is 0. The van der Waals surface area contributed by atoms with Crippen molar-refractivity contribution < 1.29 is 0 Å². The predicted molar refractivity (Wildman–Crippen MR) is 67.4 cm³/mol. The first-order chi connectivity index (χ1) is 7.85. The summed E-state index contributed by atoms with van der Waals surface area (Å²) < 4.78 is 0. The summed E-state index contributed by atoms with van der Waals surface area (Å²) in [5.41, 5.74) is 1.46. The van der Waals surface area contributed by atoms with Crippen molar-refractivity contribution in [3.8, 4) is 0 Å². The van der Waals surface area contributed by atoms with E-state index in [0.717, 1.165) is 10.9 Å². The Kier molecular flexibility index (Phi) is 2.82. The van der Waals surface area contributed by atoms with Gasteiger partial charge in [0.25, 0.3) is 0 Å². The van der Waals surface area contributed by atoms with Crippen LogP contribution in [0.2, 0.25) is 0 Å². The third kappa shape index (κ3) is 1.86. The smallest absolute Gasteiger partial charge is 0.110 e. The number of nitrogens with two attached hydrogens (primary N) is 2. The third-order valence-electron chi connectivity index (χ3n) is 2.38. The van der Waals surface area contributed by atoms with Gasteiger partial charge in [-0.1, -0.05) is 36.4 Å². The maximum atomic E-state index is 5.28. The van der Waals surface area contributed by atoms with Crippen LogP contribution < -0.4 is 11.7 Å². The van der Waals surface area contributed by atoms with E-state index in [9.17, 15) is 0 Å². The van der Waals surface area contributed by atoms with E-state index in [1.165, 1.54) is 11.6 Å². The average Bonchev–Trinajstić information content (AvgIpc) is 2.35. The molecule has 0 radical (unpaired) electrons. The molecular weight excluding hydrogens is 200 g/mol. The zero-order chi connectivity index (χ0) is 11.4. The Bertz CT molecular complexity index is 558. The number of rotatable bonds is 2. The van der Waals surface area contributed by atoms with E-state index in [4.69, 9.17) is 11.7 Å². The fraction of sp³-hybridized carbons (Fsp3) is 0. The monoisotopic (exact) mass is 212 g/mol. The fourth-order valence-corrected chi connectivity index (χ4v) is 1.60. The van der Waals surface area contributed by atoms with Crippen molar-refractivity contribution >= 4 is 22.7 Å². The van der Waals surface area contributed by atoms with E-state index in [0.29, 0.717) is 5.71 Å². The molecule has 2 aromatic carbocycles. The van der Waals surface area contributed by atoms with Crippen LogP contribution in [0.15, 0.2) is 52.7 Å². The summed E-state index contributed by atoms with van der Waals surface area (Å²) in [6, 6.07) is 14.0. The maximum absolute atomic E-state index is 5.28. The second-order valence-electron chi connectivity index (χ2n) is 3.35. The molecule has 0 aliphatic heterocycles. The Labute approximate surface area is 93.3 Å². The van der Waals surface area contributed by atoms with Crippen LogP contribution in [0.25, 0.3) is 10.8 Å². The Hall–Kier alpha value is -2.36. The first kappa shape index (κ1) is 10.2. The van der Waals surface area contributed by atoms with Gasteiger partial charge in [0.15, 0.2) is 0 Å². The van der Waals surface area contributed by atoms with Crippen molar-refractivity contribution in [1.29, 1.82) is 0 Å². The van der Waals surface area contributed by atoms with Crippen molar-refractivity contribution in [2.75, 3.05) is 0 Å². The standard InChI is InChI=1S/C12H12N4/c13-15-8-12(16-14)11-6-5-9-3-1-2-4-10(9)7-11/h1-8H,13-14H2. The lowest BCUT2D eigenvalue weighted by Gasteiger charge is -2.02. The minimum Gasteiger partial charge on any atom is -0.323 e. The second-order valence-corrected chi connectivity index (χ2v) is 3.35. The van der Waals surface area contributed by atoms with Gasteiger partial charge in [-0.25, -0.2) is 0 Å². The van der Waals surface area contributed by atoms with Crippen molar-refractivity contribution in [2.45, 2.75) is 0 Å². The Morgan fingerprint density at radius 3 is 2.44 bits per heavy atom. The summed E-state index contributed by atoms with van der Waals surface area (Å²) in [6.45, 7) is 0. The van der Waals surface area contributed by atoms with Crippen LogP contribution in [0.5, 0.6) is 0 Å². The molecule has 0 heterocycles. The zero-order valence-electron chi connectivity index (χ0n) is 8.67. The molecule has 0 bridgehead atoms. The molecule has 0 aliphatic rings. The summed E-state index contributed by atoms with van der Waals surface area (Å²) in [6.07, 6.45) is 1.43. The molecule has 2 aromatic rings. The molecule has 16 heavy (non-hydrogen) atoms. The Morgan fingerprint density at radius 2 is 1.75 bits per heavy atom. The number of hydrogen-bond donors (Lipinski definition) is 2. The van der Waals surface area contributed by atoms with Gasteiger partial charge >= 0.3 is 0 Å². The summed E-state index contributed by atoms with van der Waals surface area (Å²) >= 11 is 0. The molecule has 0 amide bonds. The molecule has 80 valence electrons. The predicted octanol–water partition coefficient (Wildman–Crippen LogP) is 1.45. The molecule has 0 aromatic heterocycles. The van der Waals surface area contributed by atoms with E-state index in [2.05, 4.69) is 16.3 Å². The minimum atomic E-state index is 0.563. The zero-order valence-corrected chi connectivity index (χ0v) is 8.67. The van der Waals surface area contributed by atoms with Gasteiger partial charge in [0.05, 0.1) is 6.21 Å². The van der Waals surface area contributed by atoms with Crippen molar-refractivity contribution in [1.82, 2.24) is 0 Å². The Morgan fingerprint density at radius 1 is 1.00 bits per heavy atom. The fourth-order valence-electron chi connectivity index (χ4n) is 1.60. The third-order valence-corrected chi connectivity index (χ3v) is 2.38. The quantitative estimate of drug-likeness (QED) is 0.449. The SMILES string of the molecule is NN=CC(=NN)c1ccc2ccccc2c1. The largest absolute Gasteiger partial charge is 0.323 e. The van der Waals surface area contributed by atoms with Gasteiger partial charge in [-0.3, -0.25) is 0 Å². The lowest BCUT2D eigenvalue weighted by Crippen LogP contribution is -2.07. The topological polar surface area (TPSA) is 76.8 Å². The molecule has 0 saturated carbocycles. The number of benzene rings is 2. The molecule has 4 nitrogen and oxygen atoms in total. The van der Waals surface area contributed by atoms with Crippen LogP contribution in [-0.4, -0.2) is 11.9 Å². The van der Waals surface area contributed by atoms with Gasteiger partial charge in [-0.05, 0) is 16.8 Å². The summed E-state index contributed by atoms with van der Waals surface area (Å²) in [5, 5.41) is 9.37. The number of hydrazone groups is 2. The second kappa shape index (κ2) is 4.44. The normalized spacial score (nSPS) is 12.4. The molecular formula is C12H12N4. The van der Waals surface area contributed by atoms with Gasteiger partial charge in [-0.2, -0.15) is 10.2 Å². The van der Waals surface area contributed by atoms with Crippen LogP contribution in [0.4, 0.5) is 0 Å². The van der Waals surface area contributed by atoms with Crippen LogP contribution in [0.1, 0.15) is 5.56 Å². The number of hydrogen-bond acceptors (Lipinski definition) is 4. The highest BCUT2D eigenvalue weighted by Crippen LogP contribution is 2.15. The highest BCUT2D eigenvalue weighted by molar-refractivity contribution is 6.38. The number of fused-ring (bicyclic) bond motifs is 1. The highest BCUT2D eigenvalue weighted by Gasteiger charge is 2.01. The summed E-state index contributed by atoms with van der Waals surface area (Å²) in [5.74, 6) is 10.4. The van der Waals surface area contributed by atoms with E-state index in [1.807, 2.05) is 36.4 Å². The van der Waals surface area contributed by atoms with Crippen LogP contribution >= 0.6 is 0 Å². The number of nitrogens with zero attached hydrogens (tertiary/aromatic N) is 2. The Balaban J connectivity index is 2.54. The van der Waals surface area contributed by atoms with E-state index >= 15 is 0 Å². The van der Waals surface area contributed by atoms with E-state index in [1.54, 1.807) is 0 Å². The van der Waals surface area contributed by atoms with E-state index in [-0.39, 0.29) is 0 Å². The molecule has 0 atom stereocenters. The molecule has 0 saturated heterocycles. The van der Waals surface area contributed by atoms with Gasteiger partial charge in [-0.15, -0.1) is 0 Å². The average molecular weight is 212 g/mol. The van der Waals surface area contributed by atoms with Crippen molar-refractivity contribution in [3.63, 3.8) is 0 Å². The minimum absolute atomic E-state index is 0.563.